The van der Waals surface area contributed by atoms with Crippen molar-refractivity contribution in [1.82, 2.24) is 4.90 Å². The smallest absolute Gasteiger partial charge is 0.313 e. The normalized spacial score (nSPS) is 23.3. The van der Waals surface area contributed by atoms with Crippen molar-refractivity contribution in [2.24, 2.45) is 11.8 Å². The number of esters is 1. The molecule has 1 aliphatic carbocycles. The molecule has 3 rings (SSSR count). The molecule has 1 saturated carbocycles. The maximum absolute atomic E-state index is 13.7. The van der Waals surface area contributed by atoms with Crippen LogP contribution in [0.5, 0.6) is 5.75 Å². The Bertz CT molecular complexity index is 669. The third-order valence-electron chi connectivity index (χ3n) is 4.59. The first-order valence-corrected chi connectivity index (χ1v) is 8.77. The fourth-order valence-corrected chi connectivity index (χ4v) is 3.72. The van der Waals surface area contributed by atoms with Crippen molar-refractivity contribution < 1.29 is 23.5 Å². The summed E-state index contributed by atoms with van der Waals surface area (Å²) in [4.78, 5) is 37.7. The molecule has 1 aromatic carbocycles. The number of hydrogen-bond acceptors (Lipinski definition) is 4. The number of fused-ring (bicyclic) bond motifs is 1. The Morgan fingerprint density at radius 1 is 1.21 bits per heavy atom. The van der Waals surface area contributed by atoms with Crippen LogP contribution in [0.2, 0.25) is 0 Å². The van der Waals surface area contributed by atoms with Gasteiger partial charge in [-0.3, -0.25) is 19.3 Å². The molecule has 7 heteroatoms. The number of imide groups is 1. The van der Waals surface area contributed by atoms with Crippen molar-refractivity contribution in [3.8, 4) is 5.75 Å². The zero-order chi connectivity index (χ0) is 17.3. The van der Waals surface area contributed by atoms with Gasteiger partial charge in [0.1, 0.15) is 0 Å². The predicted octanol–water partition coefficient (Wildman–Crippen LogP) is 3.06. The van der Waals surface area contributed by atoms with Gasteiger partial charge in [-0.15, -0.1) is 0 Å². The van der Waals surface area contributed by atoms with Gasteiger partial charge >= 0.3 is 5.97 Å². The number of carbonyl (C=O) groups is 3. The van der Waals surface area contributed by atoms with Crippen LogP contribution < -0.4 is 4.74 Å². The fraction of sp³-hybridized carbons (Fsp3) is 0.471. The van der Waals surface area contributed by atoms with Gasteiger partial charge in [0.2, 0.25) is 11.8 Å². The Labute approximate surface area is 147 Å². The van der Waals surface area contributed by atoms with E-state index in [4.69, 9.17) is 4.74 Å². The van der Waals surface area contributed by atoms with Crippen LogP contribution in [0.15, 0.2) is 22.7 Å². The van der Waals surface area contributed by atoms with E-state index >= 15 is 0 Å². The van der Waals surface area contributed by atoms with Gasteiger partial charge in [0.25, 0.3) is 0 Å². The van der Waals surface area contributed by atoms with Crippen LogP contribution in [0, 0.1) is 17.7 Å². The average molecular weight is 398 g/mol. The number of hydrogen-bond donors (Lipinski definition) is 0. The highest BCUT2D eigenvalue weighted by atomic mass is 79.9. The molecule has 1 aliphatic heterocycles. The first-order chi connectivity index (χ1) is 11.5. The van der Waals surface area contributed by atoms with Crippen molar-refractivity contribution in [3.05, 3.63) is 28.5 Å². The summed E-state index contributed by atoms with van der Waals surface area (Å²) in [6.45, 7) is -0.0123. The van der Waals surface area contributed by atoms with E-state index in [9.17, 15) is 18.8 Å². The zero-order valence-electron chi connectivity index (χ0n) is 13.0. The van der Waals surface area contributed by atoms with Crippen molar-refractivity contribution in [3.63, 3.8) is 0 Å². The molecular formula is C17H17BrFNO4. The fourth-order valence-electron chi connectivity index (χ4n) is 3.39. The van der Waals surface area contributed by atoms with E-state index in [1.54, 1.807) is 6.07 Å². The maximum Gasteiger partial charge on any atom is 0.313 e. The molecule has 0 unspecified atom stereocenters. The molecular weight excluding hydrogens is 381 g/mol. The quantitative estimate of drug-likeness (QED) is 0.444. The molecule has 128 valence electrons. The number of halogens is 2. The monoisotopic (exact) mass is 397 g/mol. The third kappa shape index (κ3) is 3.36. The minimum Gasteiger partial charge on any atom is -0.423 e. The van der Waals surface area contributed by atoms with Gasteiger partial charge in [0.15, 0.2) is 11.6 Å². The Kier molecular flexibility index (Phi) is 4.99. The minimum atomic E-state index is -0.674. The summed E-state index contributed by atoms with van der Waals surface area (Å²) in [6.07, 6.45) is 3.24. The topological polar surface area (TPSA) is 63.7 Å². The first-order valence-electron chi connectivity index (χ1n) is 7.98. The Balaban J connectivity index is 1.58. The number of benzene rings is 1. The number of likely N-dealkylation sites (tertiary alicyclic amines) is 1. The molecule has 24 heavy (non-hydrogen) atoms. The second-order valence-electron chi connectivity index (χ2n) is 6.12. The predicted molar refractivity (Wildman–Crippen MR) is 86.5 cm³/mol. The van der Waals surface area contributed by atoms with Crippen LogP contribution in [0.3, 0.4) is 0 Å². The van der Waals surface area contributed by atoms with Crippen molar-refractivity contribution >= 4 is 33.7 Å². The summed E-state index contributed by atoms with van der Waals surface area (Å²) in [5.41, 5.74) is 0. The molecule has 2 atom stereocenters. The molecule has 0 radical (unpaired) electrons. The lowest BCUT2D eigenvalue weighted by atomic mass is 9.81. The highest BCUT2D eigenvalue weighted by molar-refractivity contribution is 9.10. The second-order valence-corrected chi connectivity index (χ2v) is 7.04. The minimum absolute atomic E-state index is 0.0123. The summed E-state index contributed by atoms with van der Waals surface area (Å²) in [5.74, 6) is -2.34. The summed E-state index contributed by atoms with van der Waals surface area (Å²) < 4.78 is 19.2. The van der Waals surface area contributed by atoms with E-state index < -0.39 is 11.8 Å². The lowest BCUT2D eigenvalue weighted by Crippen LogP contribution is -2.33. The number of carbonyl (C=O) groups excluding carboxylic acids is 3. The molecule has 2 amide bonds. The van der Waals surface area contributed by atoms with E-state index in [0.29, 0.717) is 4.47 Å². The van der Waals surface area contributed by atoms with E-state index in [1.165, 1.54) is 17.0 Å². The molecule has 0 bridgehead atoms. The second kappa shape index (κ2) is 7.01. The van der Waals surface area contributed by atoms with Crippen LogP contribution in [-0.2, 0) is 14.4 Å². The van der Waals surface area contributed by atoms with Crippen LogP contribution in [0.4, 0.5) is 4.39 Å². The first kappa shape index (κ1) is 17.1. The van der Waals surface area contributed by atoms with Crippen molar-refractivity contribution in [2.45, 2.75) is 32.1 Å². The molecule has 2 aliphatic rings. The van der Waals surface area contributed by atoms with Crippen molar-refractivity contribution in [2.75, 3.05) is 6.54 Å². The Morgan fingerprint density at radius 3 is 2.42 bits per heavy atom. The van der Waals surface area contributed by atoms with Crippen LogP contribution >= 0.6 is 15.9 Å². The molecule has 1 heterocycles. The van der Waals surface area contributed by atoms with E-state index in [1.807, 2.05) is 0 Å². The number of nitrogens with zero attached hydrogens (tertiary/aromatic N) is 1. The highest BCUT2D eigenvalue weighted by Crippen LogP contribution is 2.38. The zero-order valence-corrected chi connectivity index (χ0v) is 14.6. The lowest BCUT2D eigenvalue weighted by molar-refractivity contribution is -0.141. The van der Waals surface area contributed by atoms with Gasteiger partial charge in [-0.05, 0) is 31.0 Å². The molecule has 2 fully saturated rings. The standard InChI is InChI=1S/C17H17BrFNO4/c18-10-5-6-14(13(19)9-10)24-15(21)7-8-20-16(22)11-3-1-2-4-12(11)17(20)23/h5-6,9,11-12H,1-4,7-8H2/t11-,12-/m1/s1. The Hall–Kier alpha value is -1.76. The van der Waals surface area contributed by atoms with E-state index in [-0.39, 0.29) is 42.4 Å². The Morgan fingerprint density at radius 2 is 1.83 bits per heavy atom. The van der Waals surface area contributed by atoms with Crippen molar-refractivity contribution in [1.29, 1.82) is 0 Å². The molecule has 0 N–H and O–H groups in total. The largest absolute Gasteiger partial charge is 0.423 e. The molecule has 0 aromatic heterocycles. The molecule has 1 saturated heterocycles. The van der Waals surface area contributed by atoms with Crippen LogP contribution in [0.1, 0.15) is 32.1 Å². The molecule has 5 nitrogen and oxygen atoms in total. The van der Waals surface area contributed by atoms with Gasteiger partial charge in [-0.1, -0.05) is 28.8 Å². The molecule has 1 aromatic rings. The number of amides is 2. The maximum atomic E-state index is 13.7. The van der Waals surface area contributed by atoms with Crippen LogP contribution in [0.25, 0.3) is 0 Å². The summed E-state index contributed by atoms with van der Waals surface area (Å²) in [7, 11) is 0. The summed E-state index contributed by atoms with van der Waals surface area (Å²) in [5, 5.41) is 0. The van der Waals surface area contributed by atoms with Gasteiger partial charge < -0.3 is 4.74 Å². The highest BCUT2D eigenvalue weighted by Gasteiger charge is 2.47. The van der Waals surface area contributed by atoms with Gasteiger partial charge in [0, 0.05) is 11.0 Å². The average Bonchev–Trinajstić information content (AvgIpc) is 2.80. The van der Waals surface area contributed by atoms with Gasteiger partial charge in [-0.2, -0.15) is 0 Å². The molecule has 0 spiro atoms. The van der Waals surface area contributed by atoms with Gasteiger partial charge in [-0.25, -0.2) is 4.39 Å². The van der Waals surface area contributed by atoms with Crippen LogP contribution in [-0.4, -0.2) is 29.2 Å². The number of ether oxygens (including phenoxy) is 1. The number of rotatable bonds is 4. The summed E-state index contributed by atoms with van der Waals surface area (Å²) in [6, 6.07) is 4.10. The van der Waals surface area contributed by atoms with E-state index in [0.717, 1.165) is 25.7 Å². The van der Waals surface area contributed by atoms with Gasteiger partial charge in [0.05, 0.1) is 18.3 Å². The lowest BCUT2D eigenvalue weighted by Gasteiger charge is -2.19. The SMILES string of the molecule is O=C(CCN1C(=O)[C@@H]2CCCC[C@H]2C1=O)Oc1ccc(Br)cc1F. The summed E-state index contributed by atoms with van der Waals surface area (Å²) >= 11 is 3.12. The third-order valence-corrected chi connectivity index (χ3v) is 5.08. The van der Waals surface area contributed by atoms with E-state index in [2.05, 4.69) is 15.9 Å².